The van der Waals surface area contributed by atoms with E-state index in [1.165, 1.54) is 12.8 Å². The van der Waals surface area contributed by atoms with E-state index in [2.05, 4.69) is 25.4 Å². The van der Waals surface area contributed by atoms with Gasteiger partial charge >= 0.3 is 0 Å². The summed E-state index contributed by atoms with van der Waals surface area (Å²) in [6.45, 7) is 2.48. The molecule has 0 bridgehead atoms. The molecule has 1 fully saturated rings. The number of nitrogens with zero attached hydrogens (tertiary/aromatic N) is 5. The lowest BCUT2D eigenvalue weighted by molar-refractivity contribution is 0.0947. The second-order valence-corrected chi connectivity index (χ2v) is 5.87. The molecule has 3 heterocycles. The Kier molecular flexibility index (Phi) is 3.56. The molecule has 8 heteroatoms. The van der Waals surface area contributed by atoms with Crippen molar-refractivity contribution in [3.63, 3.8) is 0 Å². The third-order valence-electron chi connectivity index (χ3n) is 3.85. The number of imidazole rings is 1. The highest BCUT2D eigenvalue weighted by Gasteiger charge is 2.22. The van der Waals surface area contributed by atoms with Crippen LogP contribution in [0.3, 0.4) is 0 Å². The fourth-order valence-electron chi connectivity index (χ4n) is 2.29. The Balaban J connectivity index is 1.48. The zero-order chi connectivity index (χ0) is 16.5. The zero-order valence-corrected chi connectivity index (χ0v) is 13.1. The van der Waals surface area contributed by atoms with Crippen molar-refractivity contribution in [2.75, 3.05) is 6.54 Å². The Bertz CT molecular complexity index is 863. The molecule has 122 valence electrons. The summed E-state index contributed by atoms with van der Waals surface area (Å²) in [6.07, 6.45) is 7.29. The maximum atomic E-state index is 12.0. The summed E-state index contributed by atoms with van der Waals surface area (Å²) in [5.74, 6) is 2.14. The summed E-state index contributed by atoms with van der Waals surface area (Å²) in [5.41, 5.74) is 1.12. The number of amides is 1. The Labute approximate surface area is 137 Å². The molecule has 1 saturated carbocycles. The summed E-state index contributed by atoms with van der Waals surface area (Å²) in [5, 5.41) is 6.65. The quantitative estimate of drug-likeness (QED) is 0.768. The van der Waals surface area contributed by atoms with E-state index in [1.807, 2.05) is 12.1 Å². The average molecular weight is 324 g/mol. The van der Waals surface area contributed by atoms with Gasteiger partial charge in [0.15, 0.2) is 5.82 Å². The molecule has 0 aromatic carbocycles. The van der Waals surface area contributed by atoms with Gasteiger partial charge in [-0.05, 0) is 37.8 Å². The number of pyridine rings is 1. The monoisotopic (exact) mass is 324 g/mol. The molecule has 8 nitrogen and oxygen atoms in total. The van der Waals surface area contributed by atoms with Crippen molar-refractivity contribution < 1.29 is 9.32 Å². The second-order valence-electron chi connectivity index (χ2n) is 5.87. The van der Waals surface area contributed by atoms with Gasteiger partial charge in [0.05, 0.1) is 5.56 Å². The van der Waals surface area contributed by atoms with E-state index in [4.69, 9.17) is 4.52 Å². The fraction of sp³-hybridized carbons (Fsp3) is 0.312. The first-order valence-corrected chi connectivity index (χ1v) is 7.78. The van der Waals surface area contributed by atoms with Crippen molar-refractivity contribution in [3.05, 3.63) is 42.4 Å². The molecule has 0 spiro atoms. The topological polar surface area (TPSA) is 98.7 Å². The van der Waals surface area contributed by atoms with Crippen LogP contribution in [0.4, 0.5) is 0 Å². The van der Waals surface area contributed by atoms with Gasteiger partial charge in [-0.1, -0.05) is 5.16 Å². The molecule has 1 aliphatic carbocycles. The molecule has 1 aliphatic rings. The summed E-state index contributed by atoms with van der Waals surface area (Å²) >= 11 is 0. The fourth-order valence-corrected chi connectivity index (χ4v) is 2.29. The molecule has 0 unspecified atom stereocenters. The van der Waals surface area contributed by atoms with Gasteiger partial charge in [0.1, 0.15) is 17.8 Å². The van der Waals surface area contributed by atoms with Crippen LogP contribution in [0.1, 0.15) is 29.2 Å². The van der Waals surface area contributed by atoms with Crippen LogP contribution in [-0.4, -0.2) is 37.1 Å². The molecule has 1 N–H and O–H groups in total. The van der Waals surface area contributed by atoms with Gasteiger partial charge < -0.3 is 9.84 Å². The van der Waals surface area contributed by atoms with Gasteiger partial charge in [0, 0.05) is 18.9 Å². The van der Waals surface area contributed by atoms with E-state index >= 15 is 0 Å². The molecule has 3 aromatic rings. The minimum Gasteiger partial charge on any atom is -0.350 e. The normalized spacial score (nSPS) is 13.9. The number of carbonyl (C=O) groups is 1. The summed E-state index contributed by atoms with van der Waals surface area (Å²) in [7, 11) is 0. The SMILES string of the molecule is Cc1noc(-c2ccc(-n3cnc(C(=O)NCC4CC4)c3)nc2)n1. The number of hydrogen-bond acceptors (Lipinski definition) is 6. The van der Waals surface area contributed by atoms with Gasteiger partial charge in [-0.15, -0.1) is 0 Å². The standard InChI is InChI=1S/C16H16N6O2/c1-10-20-16(24-21-10)12-4-5-14(17-7-12)22-8-13(19-9-22)15(23)18-6-11-2-3-11/h4-5,7-9,11H,2-3,6H2,1H3,(H,18,23). The van der Waals surface area contributed by atoms with Gasteiger partial charge in [0.25, 0.3) is 11.8 Å². The Hall–Kier alpha value is -3.03. The summed E-state index contributed by atoms with van der Waals surface area (Å²) < 4.78 is 6.81. The lowest BCUT2D eigenvalue weighted by Crippen LogP contribution is -2.25. The lowest BCUT2D eigenvalue weighted by Gasteiger charge is -2.02. The number of aromatic nitrogens is 5. The molecule has 0 atom stereocenters. The maximum absolute atomic E-state index is 12.0. The third kappa shape index (κ3) is 3.03. The number of hydrogen-bond donors (Lipinski definition) is 1. The van der Waals surface area contributed by atoms with Crippen LogP contribution >= 0.6 is 0 Å². The number of aryl methyl sites for hydroxylation is 1. The molecule has 24 heavy (non-hydrogen) atoms. The van der Waals surface area contributed by atoms with Crippen molar-refractivity contribution in [1.82, 2.24) is 30.0 Å². The molecule has 4 rings (SSSR count). The number of carbonyl (C=O) groups excluding carboxylic acids is 1. The van der Waals surface area contributed by atoms with Crippen molar-refractivity contribution in [2.24, 2.45) is 5.92 Å². The molecule has 1 amide bonds. The van der Waals surface area contributed by atoms with E-state index in [0.29, 0.717) is 29.1 Å². The van der Waals surface area contributed by atoms with Crippen LogP contribution in [-0.2, 0) is 0 Å². The van der Waals surface area contributed by atoms with Crippen LogP contribution in [0, 0.1) is 12.8 Å². The summed E-state index contributed by atoms with van der Waals surface area (Å²) in [6, 6.07) is 3.64. The minimum atomic E-state index is -0.154. The maximum Gasteiger partial charge on any atom is 0.271 e. The average Bonchev–Trinajstić information content (AvgIpc) is 3.11. The Morgan fingerprint density at radius 3 is 2.92 bits per heavy atom. The highest BCUT2D eigenvalue weighted by atomic mass is 16.5. The van der Waals surface area contributed by atoms with Crippen LogP contribution in [0.25, 0.3) is 17.3 Å². The van der Waals surface area contributed by atoms with E-state index in [1.54, 1.807) is 30.2 Å². The summed E-state index contributed by atoms with van der Waals surface area (Å²) in [4.78, 5) is 24.7. The molecular formula is C16H16N6O2. The number of rotatable bonds is 5. The molecule has 3 aromatic heterocycles. The zero-order valence-electron chi connectivity index (χ0n) is 13.1. The highest BCUT2D eigenvalue weighted by Crippen LogP contribution is 2.27. The van der Waals surface area contributed by atoms with Crippen LogP contribution in [0.15, 0.2) is 35.4 Å². The molecule has 0 saturated heterocycles. The van der Waals surface area contributed by atoms with E-state index in [9.17, 15) is 4.79 Å². The third-order valence-corrected chi connectivity index (χ3v) is 3.85. The molecular weight excluding hydrogens is 308 g/mol. The minimum absolute atomic E-state index is 0.154. The lowest BCUT2D eigenvalue weighted by atomic mass is 10.3. The van der Waals surface area contributed by atoms with E-state index in [-0.39, 0.29) is 5.91 Å². The first-order chi connectivity index (χ1) is 11.7. The first kappa shape index (κ1) is 14.6. The highest BCUT2D eigenvalue weighted by molar-refractivity contribution is 5.92. The predicted octanol–water partition coefficient (Wildman–Crippen LogP) is 1.77. The van der Waals surface area contributed by atoms with Gasteiger partial charge in [-0.3, -0.25) is 9.36 Å². The van der Waals surface area contributed by atoms with Crippen molar-refractivity contribution in [1.29, 1.82) is 0 Å². The number of nitrogens with one attached hydrogen (secondary N) is 1. The van der Waals surface area contributed by atoms with Crippen LogP contribution < -0.4 is 5.32 Å². The van der Waals surface area contributed by atoms with Gasteiger partial charge in [-0.25, -0.2) is 9.97 Å². The van der Waals surface area contributed by atoms with Crippen LogP contribution in [0.2, 0.25) is 0 Å². The van der Waals surface area contributed by atoms with Gasteiger partial charge in [-0.2, -0.15) is 4.98 Å². The Morgan fingerprint density at radius 1 is 1.38 bits per heavy atom. The van der Waals surface area contributed by atoms with Crippen molar-refractivity contribution in [3.8, 4) is 17.3 Å². The van der Waals surface area contributed by atoms with Gasteiger partial charge in [0.2, 0.25) is 0 Å². The van der Waals surface area contributed by atoms with Crippen molar-refractivity contribution >= 4 is 5.91 Å². The van der Waals surface area contributed by atoms with Crippen molar-refractivity contribution in [2.45, 2.75) is 19.8 Å². The Morgan fingerprint density at radius 2 is 2.25 bits per heavy atom. The second kappa shape index (κ2) is 5.88. The van der Waals surface area contributed by atoms with E-state index < -0.39 is 0 Å². The predicted molar refractivity (Wildman–Crippen MR) is 84.4 cm³/mol. The molecule has 0 radical (unpaired) electrons. The largest absolute Gasteiger partial charge is 0.350 e. The smallest absolute Gasteiger partial charge is 0.271 e. The first-order valence-electron chi connectivity index (χ1n) is 7.78. The van der Waals surface area contributed by atoms with Crippen LogP contribution in [0.5, 0.6) is 0 Å². The molecule has 0 aliphatic heterocycles. The van der Waals surface area contributed by atoms with E-state index in [0.717, 1.165) is 12.1 Å².